The van der Waals surface area contributed by atoms with E-state index in [1.54, 1.807) is 11.8 Å². The van der Waals surface area contributed by atoms with Crippen LogP contribution in [0.2, 0.25) is 5.02 Å². The predicted molar refractivity (Wildman–Crippen MR) is 73.8 cm³/mol. The molecule has 0 bridgehead atoms. The summed E-state index contributed by atoms with van der Waals surface area (Å²) in [6.07, 6.45) is 0. The van der Waals surface area contributed by atoms with Crippen LogP contribution in [0.15, 0.2) is 28.6 Å². The molecule has 0 aliphatic rings. The average molecular weight is 286 g/mol. The van der Waals surface area contributed by atoms with Gasteiger partial charge in [0.25, 0.3) is 0 Å². The van der Waals surface area contributed by atoms with Gasteiger partial charge in [-0.3, -0.25) is 0 Å². The summed E-state index contributed by atoms with van der Waals surface area (Å²) >= 11 is 9.18. The number of hydrogen-bond acceptors (Lipinski definition) is 5. The van der Waals surface area contributed by atoms with Crippen LogP contribution in [0.4, 0.5) is 0 Å². The summed E-state index contributed by atoms with van der Waals surface area (Å²) in [4.78, 5) is 4.33. The SMILES string of the molecule is Cc1nsc(SC(CN)c2ccccc2Cl)n1. The van der Waals surface area contributed by atoms with Crippen LogP contribution in [0.25, 0.3) is 0 Å². The fourth-order valence-electron chi connectivity index (χ4n) is 1.42. The lowest BCUT2D eigenvalue weighted by atomic mass is 10.1. The molecule has 2 rings (SSSR count). The summed E-state index contributed by atoms with van der Waals surface area (Å²) in [7, 11) is 0. The fraction of sp³-hybridized carbons (Fsp3) is 0.273. The van der Waals surface area contributed by atoms with Crippen molar-refractivity contribution >= 4 is 34.9 Å². The van der Waals surface area contributed by atoms with E-state index in [1.807, 2.05) is 31.2 Å². The maximum atomic E-state index is 6.17. The summed E-state index contributed by atoms with van der Waals surface area (Å²) in [5.41, 5.74) is 6.86. The molecule has 0 saturated carbocycles. The summed E-state index contributed by atoms with van der Waals surface area (Å²) in [6, 6.07) is 7.77. The van der Waals surface area contributed by atoms with Crippen molar-refractivity contribution in [3.05, 3.63) is 40.7 Å². The van der Waals surface area contributed by atoms with Crippen molar-refractivity contribution < 1.29 is 0 Å². The molecule has 0 aliphatic carbocycles. The lowest BCUT2D eigenvalue weighted by Gasteiger charge is -2.14. The maximum absolute atomic E-state index is 6.17. The Balaban J connectivity index is 2.20. The van der Waals surface area contributed by atoms with E-state index in [2.05, 4.69) is 9.36 Å². The highest BCUT2D eigenvalue weighted by Gasteiger charge is 2.16. The molecule has 2 N–H and O–H groups in total. The molecule has 0 fully saturated rings. The number of halogens is 1. The van der Waals surface area contributed by atoms with Crippen molar-refractivity contribution in [3.63, 3.8) is 0 Å². The quantitative estimate of drug-likeness (QED) is 0.876. The van der Waals surface area contributed by atoms with E-state index in [9.17, 15) is 0 Å². The van der Waals surface area contributed by atoms with Crippen molar-refractivity contribution in [2.24, 2.45) is 5.73 Å². The van der Waals surface area contributed by atoms with Crippen LogP contribution < -0.4 is 5.73 Å². The van der Waals surface area contributed by atoms with Crippen molar-refractivity contribution in [2.45, 2.75) is 16.5 Å². The van der Waals surface area contributed by atoms with Crippen LogP contribution in [0, 0.1) is 6.92 Å². The van der Waals surface area contributed by atoms with Gasteiger partial charge in [-0.05, 0) is 30.1 Å². The Kier molecular flexibility index (Phi) is 4.39. The molecule has 1 heterocycles. The molecule has 1 aromatic heterocycles. The third kappa shape index (κ3) is 3.19. The minimum atomic E-state index is 0.121. The third-order valence-corrected chi connectivity index (χ3v) is 4.70. The first kappa shape index (κ1) is 12.8. The maximum Gasteiger partial charge on any atom is 0.170 e. The smallest absolute Gasteiger partial charge is 0.170 e. The van der Waals surface area contributed by atoms with Crippen LogP contribution in [-0.2, 0) is 0 Å². The van der Waals surface area contributed by atoms with Crippen LogP contribution in [-0.4, -0.2) is 15.9 Å². The van der Waals surface area contributed by atoms with Gasteiger partial charge in [0.2, 0.25) is 0 Å². The Morgan fingerprint density at radius 2 is 2.24 bits per heavy atom. The van der Waals surface area contributed by atoms with E-state index in [0.29, 0.717) is 6.54 Å². The summed E-state index contributed by atoms with van der Waals surface area (Å²) in [5.74, 6) is 0.799. The minimum Gasteiger partial charge on any atom is -0.329 e. The first-order chi connectivity index (χ1) is 8.20. The Bertz CT molecular complexity index is 501. The normalized spacial score (nSPS) is 12.6. The van der Waals surface area contributed by atoms with Gasteiger partial charge in [-0.25, -0.2) is 4.98 Å². The van der Waals surface area contributed by atoms with Crippen molar-refractivity contribution in [2.75, 3.05) is 6.54 Å². The molecular weight excluding hydrogens is 274 g/mol. The number of aromatic nitrogens is 2. The molecule has 0 spiro atoms. The van der Waals surface area contributed by atoms with Gasteiger partial charge in [0, 0.05) is 11.6 Å². The number of thioether (sulfide) groups is 1. The number of nitrogens with two attached hydrogens (primary N) is 1. The van der Waals surface area contributed by atoms with E-state index in [4.69, 9.17) is 17.3 Å². The van der Waals surface area contributed by atoms with Gasteiger partial charge in [-0.1, -0.05) is 41.6 Å². The number of hydrogen-bond donors (Lipinski definition) is 1. The van der Waals surface area contributed by atoms with Gasteiger partial charge >= 0.3 is 0 Å². The highest BCUT2D eigenvalue weighted by Crippen LogP contribution is 2.37. The second-order valence-electron chi connectivity index (χ2n) is 3.47. The molecule has 1 unspecified atom stereocenters. The molecule has 1 aromatic carbocycles. The highest BCUT2D eigenvalue weighted by molar-refractivity contribution is 8.01. The first-order valence-electron chi connectivity index (χ1n) is 5.12. The monoisotopic (exact) mass is 285 g/mol. The number of aryl methyl sites for hydroxylation is 1. The average Bonchev–Trinajstić information content (AvgIpc) is 2.73. The largest absolute Gasteiger partial charge is 0.329 e. The fourth-order valence-corrected chi connectivity index (χ4v) is 3.67. The van der Waals surface area contributed by atoms with Crippen LogP contribution in [0.1, 0.15) is 16.6 Å². The molecule has 17 heavy (non-hydrogen) atoms. The minimum absolute atomic E-state index is 0.121. The Labute approximate surface area is 114 Å². The van der Waals surface area contributed by atoms with Gasteiger partial charge < -0.3 is 5.73 Å². The third-order valence-electron chi connectivity index (χ3n) is 2.22. The van der Waals surface area contributed by atoms with Gasteiger partial charge in [-0.2, -0.15) is 4.37 Å². The van der Waals surface area contributed by atoms with Crippen LogP contribution in [0.5, 0.6) is 0 Å². The molecule has 6 heteroatoms. The van der Waals surface area contributed by atoms with E-state index >= 15 is 0 Å². The van der Waals surface area contributed by atoms with Crippen LogP contribution >= 0.6 is 34.9 Å². The molecule has 0 aliphatic heterocycles. The van der Waals surface area contributed by atoms with Gasteiger partial charge in [0.15, 0.2) is 4.34 Å². The molecule has 90 valence electrons. The highest BCUT2D eigenvalue weighted by atomic mass is 35.5. The van der Waals surface area contributed by atoms with Crippen molar-refractivity contribution in [1.29, 1.82) is 0 Å². The molecule has 0 radical (unpaired) electrons. The lowest BCUT2D eigenvalue weighted by Crippen LogP contribution is -2.09. The zero-order chi connectivity index (χ0) is 12.3. The second kappa shape index (κ2) is 5.82. The molecule has 1 atom stereocenters. The van der Waals surface area contributed by atoms with E-state index in [0.717, 1.165) is 20.8 Å². The van der Waals surface area contributed by atoms with Gasteiger partial charge in [0.1, 0.15) is 5.82 Å². The van der Waals surface area contributed by atoms with Crippen molar-refractivity contribution in [1.82, 2.24) is 9.36 Å². The van der Waals surface area contributed by atoms with E-state index in [-0.39, 0.29) is 5.25 Å². The standard InChI is InChI=1S/C11H12ClN3S2/c1-7-14-11(17-15-7)16-10(6-13)8-4-2-3-5-9(8)12/h2-5,10H,6,13H2,1H3. The predicted octanol–water partition coefficient (Wildman–Crippen LogP) is 3.29. The summed E-state index contributed by atoms with van der Waals surface area (Å²) in [5, 5.41) is 0.868. The molecule has 3 nitrogen and oxygen atoms in total. The Hall–Kier alpha value is -0.620. The second-order valence-corrected chi connectivity index (χ2v) is 6.08. The molecule has 2 aromatic rings. The van der Waals surface area contributed by atoms with Crippen molar-refractivity contribution in [3.8, 4) is 0 Å². The Morgan fingerprint density at radius 1 is 1.47 bits per heavy atom. The number of nitrogens with zero attached hydrogens (tertiary/aromatic N) is 2. The molecule has 0 amide bonds. The van der Waals surface area contributed by atoms with E-state index < -0.39 is 0 Å². The molecule has 0 saturated heterocycles. The topological polar surface area (TPSA) is 51.8 Å². The summed E-state index contributed by atoms with van der Waals surface area (Å²) in [6.45, 7) is 2.40. The summed E-state index contributed by atoms with van der Waals surface area (Å²) < 4.78 is 5.08. The Morgan fingerprint density at radius 3 is 2.82 bits per heavy atom. The van der Waals surface area contributed by atoms with Crippen LogP contribution in [0.3, 0.4) is 0 Å². The van der Waals surface area contributed by atoms with E-state index in [1.165, 1.54) is 11.5 Å². The van der Waals surface area contributed by atoms with Gasteiger partial charge in [-0.15, -0.1) is 0 Å². The lowest BCUT2D eigenvalue weighted by molar-refractivity contribution is 0.938. The van der Waals surface area contributed by atoms with Gasteiger partial charge in [0.05, 0.1) is 5.25 Å². The zero-order valence-corrected chi connectivity index (χ0v) is 11.6. The zero-order valence-electron chi connectivity index (χ0n) is 9.26. The first-order valence-corrected chi connectivity index (χ1v) is 7.15. The number of rotatable bonds is 4. The number of benzene rings is 1. The molecular formula is C11H12ClN3S2.